The van der Waals surface area contributed by atoms with Crippen molar-refractivity contribution in [3.05, 3.63) is 42.1 Å². The molecule has 0 saturated carbocycles. The number of aromatic carboxylic acids is 1. The molecular formula is C11H8FLiN2O2. The van der Waals surface area contributed by atoms with Gasteiger partial charge in [0.1, 0.15) is 11.8 Å². The number of nitrogens with zero attached hydrogens (tertiary/aromatic N) is 2. The Balaban J connectivity index is 0.00000144. The SMILES string of the molecule is Cn1c(-c2ccc(F)cc2)cnc1C(=O)[O-].[Li+]. The van der Waals surface area contributed by atoms with Crippen LogP contribution in [0.3, 0.4) is 0 Å². The molecule has 1 aromatic carbocycles. The summed E-state index contributed by atoms with van der Waals surface area (Å²) in [6.07, 6.45) is 1.42. The van der Waals surface area contributed by atoms with Crippen molar-refractivity contribution in [3.8, 4) is 11.3 Å². The Bertz CT molecular complexity index is 537. The van der Waals surface area contributed by atoms with Crippen molar-refractivity contribution >= 4 is 5.97 Å². The maximum Gasteiger partial charge on any atom is 1.00 e. The van der Waals surface area contributed by atoms with E-state index in [0.29, 0.717) is 11.3 Å². The molecular weight excluding hydrogens is 218 g/mol. The Kier molecular flexibility index (Phi) is 4.10. The second-order valence-corrected chi connectivity index (χ2v) is 3.32. The van der Waals surface area contributed by atoms with Gasteiger partial charge in [0.2, 0.25) is 0 Å². The van der Waals surface area contributed by atoms with E-state index in [0.717, 1.165) is 0 Å². The predicted octanol–water partition coefficient (Wildman–Crippen LogP) is -2.41. The Morgan fingerprint density at radius 3 is 2.41 bits per heavy atom. The van der Waals surface area contributed by atoms with Gasteiger partial charge in [-0.15, -0.1) is 0 Å². The molecule has 0 spiro atoms. The minimum absolute atomic E-state index is 0. The number of aromatic nitrogens is 2. The van der Waals surface area contributed by atoms with Crippen molar-refractivity contribution in [2.45, 2.75) is 0 Å². The molecule has 0 aliphatic carbocycles. The van der Waals surface area contributed by atoms with Crippen LogP contribution in [0.25, 0.3) is 11.3 Å². The number of halogens is 1. The molecule has 0 fully saturated rings. The van der Waals surface area contributed by atoms with E-state index in [4.69, 9.17) is 0 Å². The molecule has 0 unspecified atom stereocenters. The first-order valence-electron chi connectivity index (χ1n) is 4.58. The fourth-order valence-electron chi connectivity index (χ4n) is 1.49. The van der Waals surface area contributed by atoms with Crippen LogP contribution in [-0.4, -0.2) is 15.5 Å². The number of hydrogen-bond acceptors (Lipinski definition) is 3. The van der Waals surface area contributed by atoms with Gasteiger partial charge in [0.25, 0.3) is 0 Å². The average Bonchev–Trinajstić information content (AvgIpc) is 2.61. The number of carbonyl (C=O) groups is 1. The van der Waals surface area contributed by atoms with E-state index in [1.807, 2.05) is 0 Å². The summed E-state index contributed by atoms with van der Waals surface area (Å²) in [6.45, 7) is 0. The molecule has 0 bridgehead atoms. The van der Waals surface area contributed by atoms with Crippen LogP contribution in [0.5, 0.6) is 0 Å². The third-order valence-electron chi connectivity index (χ3n) is 2.31. The van der Waals surface area contributed by atoms with Crippen LogP contribution in [0.2, 0.25) is 0 Å². The number of hydrogen-bond donors (Lipinski definition) is 0. The third kappa shape index (κ3) is 2.57. The van der Waals surface area contributed by atoms with Gasteiger partial charge in [-0.2, -0.15) is 0 Å². The smallest absolute Gasteiger partial charge is 0.542 e. The molecule has 0 amide bonds. The van der Waals surface area contributed by atoms with Crippen LogP contribution in [0.4, 0.5) is 4.39 Å². The molecule has 0 saturated heterocycles. The van der Waals surface area contributed by atoms with Crippen LogP contribution in [-0.2, 0) is 7.05 Å². The summed E-state index contributed by atoms with van der Waals surface area (Å²) >= 11 is 0. The summed E-state index contributed by atoms with van der Waals surface area (Å²) in [5, 5.41) is 10.7. The molecule has 2 aromatic rings. The van der Waals surface area contributed by atoms with Gasteiger partial charge in [-0.3, -0.25) is 0 Å². The van der Waals surface area contributed by atoms with Crippen molar-refractivity contribution in [1.29, 1.82) is 0 Å². The van der Waals surface area contributed by atoms with Gasteiger partial charge < -0.3 is 14.5 Å². The molecule has 1 aromatic heterocycles. The van der Waals surface area contributed by atoms with Crippen LogP contribution in [0.1, 0.15) is 10.6 Å². The number of rotatable bonds is 2. The van der Waals surface area contributed by atoms with E-state index < -0.39 is 5.97 Å². The van der Waals surface area contributed by atoms with Crippen LogP contribution >= 0.6 is 0 Å². The topological polar surface area (TPSA) is 58.0 Å². The molecule has 17 heavy (non-hydrogen) atoms. The zero-order chi connectivity index (χ0) is 11.7. The molecule has 4 nitrogen and oxygen atoms in total. The summed E-state index contributed by atoms with van der Waals surface area (Å²) in [5.41, 5.74) is 1.29. The zero-order valence-corrected chi connectivity index (χ0v) is 9.48. The van der Waals surface area contributed by atoms with Gasteiger partial charge in [0, 0.05) is 7.05 Å². The second kappa shape index (κ2) is 5.17. The van der Waals surface area contributed by atoms with Gasteiger partial charge in [-0.05, 0) is 29.8 Å². The minimum Gasteiger partial charge on any atom is -0.542 e. The Labute approximate surface area is 109 Å². The molecule has 82 valence electrons. The largest absolute Gasteiger partial charge is 1.00 e. The maximum atomic E-state index is 12.7. The third-order valence-corrected chi connectivity index (χ3v) is 2.31. The van der Waals surface area contributed by atoms with Gasteiger partial charge in [0.05, 0.1) is 11.9 Å². The fraction of sp³-hybridized carbons (Fsp3) is 0.0909. The monoisotopic (exact) mass is 226 g/mol. The Morgan fingerprint density at radius 2 is 1.94 bits per heavy atom. The van der Waals surface area contributed by atoms with E-state index in [-0.39, 0.29) is 30.5 Å². The predicted molar refractivity (Wildman–Crippen MR) is 52.9 cm³/mol. The summed E-state index contributed by atoms with van der Waals surface area (Å²) < 4.78 is 14.1. The summed E-state index contributed by atoms with van der Waals surface area (Å²) in [4.78, 5) is 14.4. The fourth-order valence-corrected chi connectivity index (χ4v) is 1.49. The Hall–Kier alpha value is -1.57. The van der Waals surface area contributed by atoms with Crippen molar-refractivity contribution in [1.82, 2.24) is 9.55 Å². The molecule has 0 aliphatic heterocycles. The maximum absolute atomic E-state index is 12.7. The molecule has 0 radical (unpaired) electrons. The first kappa shape index (κ1) is 13.5. The van der Waals surface area contributed by atoms with E-state index in [2.05, 4.69) is 4.98 Å². The molecule has 1 heterocycles. The number of benzene rings is 1. The molecule has 0 aliphatic rings. The second-order valence-electron chi connectivity index (χ2n) is 3.32. The number of imidazole rings is 1. The van der Waals surface area contributed by atoms with E-state index in [9.17, 15) is 14.3 Å². The van der Waals surface area contributed by atoms with Crippen LogP contribution in [0, 0.1) is 5.82 Å². The Morgan fingerprint density at radius 1 is 1.35 bits per heavy atom. The van der Waals surface area contributed by atoms with E-state index in [1.165, 1.54) is 22.9 Å². The summed E-state index contributed by atoms with van der Waals surface area (Å²) in [5.74, 6) is -1.83. The van der Waals surface area contributed by atoms with Gasteiger partial charge >= 0.3 is 18.9 Å². The van der Waals surface area contributed by atoms with Crippen molar-refractivity contribution in [2.75, 3.05) is 0 Å². The van der Waals surface area contributed by atoms with Crippen LogP contribution in [0.15, 0.2) is 30.5 Å². The zero-order valence-electron chi connectivity index (χ0n) is 9.48. The van der Waals surface area contributed by atoms with Crippen molar-refractivity contribution in [3.63, 3.8) is 0 Å². The number of carboxylic acids is 1. The average molecular weight is 226 g/mol. The van der Waals surface area contributed by atoms with Gasteiger partial charge in [0.15, 0.2) is 5.82 Å². The van der Waals surface area contributed by atoms with Crippen LogP contribution < -0.4 is 24.0 Å². The normalized spacial score (nSPS) is 9.76. The van der Waals surface area contributed by atoms with Gasteiger partial charge in [-0.1, -0.05) is 0 Å². The van der Waals surface area contributed by atoms with Crippen molar-refractivity contribution in [2.24, 2.45) is 7.05 Å². The first-order chi connectivity index (χ1) is 7.59. The molecule has 0 atom stereocenters. The van der Waals surface area contributed by atoms with E-state index >= 15 is 0 Å². The number of carboxylic acid groups (broad SMARTS) is 1. The summed E-state index contributed by atoms with van der Waals surface area (Å²) in [6, 6.07) is 5.73. The molecule has 6 heteroatoms. The first-order valence-corrected chi connectivity index (χ1v) is 4.58. The molecule has 2 rings (SSSR count). The summed E-state index contributed by atoms with van der Waals surface area (Å²) in [7, 11) is 1.57. The standard InChI is InChI=1S/C11H9FN2O2.Li/c1-14-9(6-13-10(14)11(15)16)7-2-4-8(12)5-3-7;/h2-6H,1H3,(H,15,16);/q;+1/p-1. The minimum atomic E-state index is -1.34. The van der Waals surface area contributed by atoms with Gasteiger partial charge in [-0.25, -0.2) is 9.37 Å². The quantitative estimate of drug-likeness (QED) is 0.536. The van der Waals surface area contributed by atoms with Crippen molar-refractivity contribution < 1.29 is 33.2 Å². The van der Waals surface area contributed by atoms with E-state index in [1.54, 1.807) is 19.2 Å². The molecule has 0 N–H and O–H groups in total. The number of carbonyl (C=O) groups excluding carboxylic acids is 1.